The molecule has 3 rings (SSSR count). The van der Waals surface area contributed by atoms with E-state index in [0.29, 0.717) is 36.9 Å². The zero-order chi connectivity index (χ0) is 21.3. The van der Waals surface area contributed by atoms with E-state index in [0.717, 1.165) is 11.1 Å². The summed E-state index contributed by atoms with van der Waals surface area (Å²) in [5, 5.41) is 2.32. The average Bonchev–Trinajstić information content (AvgIpc) is 3.26. The smallest absolute Gasteiger partial charge is 0.357 e. The van der Waals surface area contributed by atoms with E-state index >= 15 is 0 Å². The zero-order valence-corrected chi connectivity index (χ0v) is 17.9. The number of hydrogen-bond acceptors (Lipinski definition) is 6. The fourth-order valence-electron chi connectivity index (χ4n) is 2.92. The second-order valence-electron chi connectivity index (χ2n) is 6.51. The molecular weight excluding hydrogens is 400 g/mol. The Balaban J connectivity index is 1.74. The quantitative estimate of drug-likeness (QED) is 0.480. The lowest BCUT2D eigenvalue weighted by Gasteiger charge is -2.21. The number of ether oxygens (including phenoxy) is 2. The first-order valence-electron chi connectivity index (χ1n) is 9.67. The first-order chi connectivity index (χ1) is 14.6. The van der Waals surface area contributed by atoms with Gasteiger partial charge in [-0.2, -0.15) is 0 Å². The van der Waals surface area contributed by atoms with Gasteiger partial charge in [0.2, 0.25) is 0 Å². The Labute approximate surface area is 180 Å². The lowest BCUT2D eigenvalue weighted by molar-refractivity contribution is 0.0520. The van der Waals surface area contributed by atoms with Gasteiger partial charge in [0.15, 0.2) is 5.69 Å². The van der Waals surface area contributed by atoms with Crippen molar-refractivity contribution < 1.29 is 19.1 Å². The molecule has 1 heterocycles. The predicted octanol–water partition coefficient (Wildman–Crippen LogP) is 4.28. The number of aromatic nitrogens is 1. The first-order valence-corrected chi connectivity index (χ1v) is 10.6. The van der Waals surface area contributed by atoms with E-state index in [9.17, 15) is 9.59 Å². The minimum Gasteiger partial charge on any atom is -0.461 e. The number of rotatable bonds is 9. The van der Waals surface area contributed by atoms with Crippen LogP contribution in [0.25, 0.3) is 11.1 Å². The van der Waals surface area contributed by atoms with Crippen LogP contribution >= 0.6 is 11.3 Å². The van der Waals surface area contributed by atoms with Gasteiger partial charge in [-0.3, -0.25) is 4.79 Å². The third-order valence-electron chi connectivity index (χ3n) is 4.45. The molecule has 6 nitrogen and oxygen atoms in total. The fraction of sp³-hybridized carbons (Fsp3) is 0.261. The highest BCUT2D eigenvalue weighted by atomic mass is 32.1. The Kier molecular flexibility index (Phi) is 7.70. The van der Waals surface area contributed by atoms with Crippen molar-refractivity contribution in [2.24, 2.45) is 0 Å². The average molecular weight is 425 g/mol. The predicted molar refractivity (Wildman–Crippen MR) is 117 cm³/mol. The van der Waals surface area contributed by atoms with E-state index < -0.39 is 5.97 Å². The lowest BCUT2D eigenvalue weighted by Crippen LogP contribution is -2.33. The van der Waals surface area contributed by atoms with Crippen molar-refractivity contribution in [1.29, 1.82) is 0 Å². The van der Waals surface area contributed by atoms with Crippen molar-refractivity contribution in [3.05, 3.63) is 76.2 Å². The summed E-state index contributed by atoms with van der Waals surface area (Å²) in [6.07, 6.45) is 0. The maximum absolute atomic E-state index is 13.1. The van der Waals surface area contributed by atoms with Gasteiger partial charge in [0, 0.05) is 24.6 Å². The molecule has 0 spiro atoms. The van der Waals surface area contributed by atoms with Crippen LogP contribution in [0.5, 0.6) is 0 Å². The molecule has 0 atom stereocenters. The van der Waals surface area contributed by atoms with E-state index in [1.165, 1.54) is 11.3 Å². The lowest BCUT2D eigenvalue weighted by atomic mass is 10.0. The number of benzene rings is 2. The van der Waals surface area contributed by atoms with Crippen LogP contribution in [0.2, 0.25) is 0 Å². The molecule has 0 radical (unpaired) electrons. The molecule has 0 fully saturated rings. The summed E-state index contributed by atoms with van der Waals surface area (Å²) in [6, 6.07) is 17.6. The SMILES string of the molecule is CCOC(=O)c1csc(CN(CCOC)C(=O)c2ccc(-c3ccccc3)cc2)n1. The minimum atomic E-state index is -0.453. The fourth-order valence-corrected chi connectivity index (χ4v) is 3.70. The van der Waals surface area contributed by atoms with Crippen LogP contribution in [0.15, 0.2) is 60.0 Å². The molecular formula is C23H24N2O4S. The van der Waals surface area contributed by atoms with E-state index in [1.807, 2.05) is 54.6 Å². The van der Waals surface area contributed by atoms with Gasteiger partial charge in [0.25, 0.3) is 5.91 Å². The molecule has 0 bridgehead atoms. The molecule has 3 aromatic rings. The van der Waals surface area contributed by atoms with Crippen LogP contribution in [0.3, 0.4) is 0 Å². The third kappa shape index (κ3) is 5.52. The molecule has 156 valence electrons. The number of thiazole rings is 1. The number of nitrogens with zero attached hydrogens (tertiary/aromatic N) is 2. The van der Waals surface area contributed by atoms with E-state index in [4.69, 9.17) is 9.47 Å². The van der Waals surface area contributed by atoms with Crippen molar-refractivity contribution in [1.82, 2.24) is 9.88 Å². The Morgan fingerprint density at radius 2 is 1.73 bits per heavy atom. The largest absolute Gasteiger partial charge is 0.461 e. The van der Waals surface area contributed by atoms with Gasteiger partial charge in [-0.15, -0.1) is 11.3 Å². The van der Waals surface area contributed by atoms with Crippen molar-refractivity contribution in [3.8, 4) is 11.1 Å². The van der Waals surface area contributed by atoms with Gasteiger partial charge < -0.3 is 14.4 Å². The Morgan fingerprint density at radius 1 is 1.03 bits per heavy atom. The number of carbonyl (C=O) groups excluding carboxylic acids is 2. The summed E-state index contributed by atoms with van der Waals surface area (Å²) >= 11 is 1.33. The molecule has 0 unspecified atom stereocenters. The Hall–Kier alpha value is -3.03. The van der Waals surface area contributed by atoms with E-state index in [2.05, 4.69) is 4.98 Å². The van der Waals surface area contributed by atoms with Gasteiger partial charge in [-0.25, -0.2) is 9.78 Å². The number of amides is 1. The first kappa shape index (κ1) is 21.7. The van der Waals surface area contributed by atoms with Gasteiger partial charge in [-0.1, -0.05) is 42.5 Å². The molecule has 1 aromatic heterocycles. The molecule has 0 saturated heterocycles. The molecule has 0 N–H and O–H groups in total. The van der Waals surface area contributed by atoms with Crippen LogP contribution in [0, 0.1) is 0 Å². The summed E-state index contributed by atoms with van der Waals surface area (Å²) in [5.74, 6) is -0.564. The molecule has 7 heteroatoms. The van der Waals surface area contributed by atoms with Gasteiger partial charge in [-0.05, 0) is 30.2 Å². The summed E-state index contributed by atoms with van der Waals surface area (Å²) in [4.78, 5) is 30.9. The van der Waals surface area contributed by atoms with Crippen LogP contribution in [-0.4, -0.2) is 48.6 Å². The maximum atomic E-state index is 13.1. The second kappa shape index (κ2) is 10.7. The van der Waals surface area contributed by atoms with Crippen molar-refractivity contribution in [2.75, 3.05) is 26.9 Å². The van der Waals surface area contributed by atoms with E-state index in [1.54, 1.807) is 24.3 Å². The van der Waals surface area contributed by atoms with Gasteiger partial charge >= 0.3 is 5.97 Å². The highest BCUT2D eigenvalue weighted by Crippen LogP contribution is 2.21. The summed E-state index contributed by atoms with van der Waals surface area (Å²) in [6.45, 7) is 3.17. The minimum absolute atomic E-state index is 0.112. The maximum Gasteiger partial charge on any atom is 0.357 e. The molecule has 0 saturated carbocycles. The number of esters is 1. The standard InChI is InChI=1S/C23H24N2O4S/c1-3-29-23(27)20-16-30-21(24-20)15-25(13-14-28-2)22(26)19-11-9-18(10-12-19)17-7-5-4-6-8-17/h4-12,16H,3,13-15H2,1-2H3. The normalized spacial score (nSPS) is 10.6. The summed E-state index contributed by atoms with van der Waals surface area (Å²) in [7, 11) is 1.60. The van der Waals surface area contributed by atoms with Gasteiger partial charge in [0.05, 0.1) is 19.8 Å². The second-order valence-corrected chi connectivity index (χ2v) is 7.45. The number of methoxy groups -OCH3 is 1. The molecule has 0 aliphatic rings. The molecule has 0 aliphatic heterocycles. The number of carbonyl (C=O) groups is 2. The highest BCUT2D eigenvalue weighted by Gasteiger charge is 2.19. The van der Waals surface area contributed by atoms with Crippen molar-refractivity contribution >= 4 is 23.2 Å². The van der Waals surface area contributed by atoms with Gasteiger partial charge in [0.1, 0.15) is 5.01 Å². The monoisotopic (exact) mass is 424 g/mol. The Morgan fingerprint density at radius 3 is 2.40 bits per heavy atom. The van der Waals surface area contributed by atoms with Crippen LogP contribution in [0.1, 0.15) is 32.8 Å². The van der Waals surface area contributed by atoms with Crippen molar-refractivity contribution in [3.63, 3.8) is 0 Å². The molecule has 1 amide bonds. The van der Waals surface area contributed by atoms with Crippen molar-refractivity contribution in [2.45, 2.75) is 13.5 Å². The third-order valence-corrected chi connectivity index (χ3v) is 5.29. The Bertz CT molecular complexity index is 970. The van der Waals surface area contributed by atoms with E-state index in [-0.39, 0.29) is 11.6 Å². The highest BCUT2D eigenvalue weighted by molar-refractivity contribution is 7.09. The van der Waals surface area contributed by atoms with Crippen LogP contribution in [-0.2, 0) is 16.0 Å². The van der Waals surface area contributed by atoms with Crippen LogP contribution < -0.4 is 0 Å². The zero-order valence-electron chi connectivity index (χ0n) is 17.0. The topological polar surface area (TPSA) is 68.7 Å². The molecule has 30 heavy (non-hydrogen) atoms. The molecule has 0 aliphatic carbocycles. The molecule has 2 aromatic carbocycles. The number of hydrogen-bond donors (Lipinski definition) is 0. The summed E-state index contributed by atoms with van der Waals surface area (Å²) in [5.41, 5.74) is 3.01. The van der Waals surface area contributed by atoms with Crippen LogP contribution in [0.4, 0.5) is 0 Å². The summed E-state index contributed by atoms with van der Waals surface area (Å²) < 4.78 is 10.1.